The van der Waals surface area contributed by atoms with Gasteiger partial charge in [-0.1, -0.05) is 13.8 Å². The zero-order chi connectivity index (χ0) is 12.8. The molecule has 0 heterocycles. The monoisotopic (exact) mass is 236 g/mol. The molecule has 1 aromatic carbocycles. The summed E-state index contributed by atoms with van der Waals surface area (Å²) in [6.07, 6.45) is 0. The van der Waals surface area contributed by atoms with Crippen LogP contribution in [0.5, 0.6) is 5.75 Å². The van der Waals surface area contributed by atoms with Crippen LogP contribution in [0.1, 0.15) is 13.8 Å². The van der Waals surface area contributed by atoms with Gasteiger partial charge in [-0.25, -0.2) is 4.39 Å². The molecule has 1 unspecified atom stereocenters. The molecule has 0 aromatic heterocycles. The van der Waals surface area contributed by atoms with Gasteiger partial charge in [-0.05, 0) is 18.1 Å². The van der Waals surface area contributed by atoms with Crippen molar-refractivity contribution in [3.05, 3.63) is 24.0 Å². The Kier molecular flexibility index (Phi) is 4.77. The number of nitrogens with zero attached hydrogens (tertiary/aromatic N) is 1. The van der Waals surface area contributed by atoms with Gasteiger partial charge >= 0.3 is 0 Å². The summed E-state index contributed by atoms with van der Waals surface area (Å²) in [4.78, 5) is 0. The molecule has 0 saturated carbocycles. The highest BCUT2D eigenvalue weighted by Crippen LogP contribution is 2.21. The van der Waals surface area contributed by atoms with Crippen molar-refractivity contribution in [1.82, 2.24) is 0 Å². The molecule has 0 aliphatic heterocycles. The summed E-state index contributed by atoms with van der Waals surface area (Å²) in [6, 6.07) is 6.89. The second-order valence-electron chi connectivity index (χ2n) is 4.21. The van der Waals surface area contributed by atoms with E-state index in [1.165, 1.54) is 13.2 Å². The minimum atomic E-state index is -0.407. The molecule has 92 valence electrons. The molecule has 0 aliphatic rings. The summed E-state index contributed by atoms with van der Waals surface area (Å²) in [6.45, 7) is 4.49. The van der Waals surface area contributed by atoms with Crippen LogP contribution in [0.2, 0.25) is 0 Å². The number of nitriles is 1. The first kappa shape index (κ1) is 13.3. The van der Waals surface area contributed by atoms with Gasteiger partial charge in [-0.2, -0.15) is 5.26 Å². The number of ether oxygens (including phenoxy) is 1. The highest BCUT2D eigenvalue weighted by atomic mass is 19.1. The van der Waals surface area contributed by atoms with Crippen LogP contribution in [0.3, 0.4) is 0 Å². The Morgan fingerprint density at radius 1 is 1.47 bits per heavy atom. The van der Waals surface area contributed by atoms with Crippen molar-refractivity contribution in [3.63, 3.8) is 0 Å². The zero-order valence-electron chi connectivity index (χ0n) is 10.3. The van der Waals surface area contributed by atoms with E-state index in [9.17, 15) is 4.39 Å². The van der Waals surface area contributed by atoms with Crippen LogP contribution >= 0.6 is 0 Å². The number of rotatable bonds is 5. The van der Waals surface area contributed by atoms with Crippen LogP contribution < -0.4 is 10.1 Å². The first-order chi connectivity index (χ1) is 8.08. The Bertz CT molecular complexity index is 412. The second kappa shape index (κ2) is 6.09. The summed E-state index contributed by atoms with van der Waals surface area (Å²) in [5.74, 6) is 0.00237. The zero-order valence-corrected chi connectivity index (χ0v) is 10.3. The largest absolute Gasteiger partial charge is 0.494 e. The lowest BCUT2D eigenvalue weighted by Gasteiger charge is -2.15. The Balaban J connectivity index is 2.64. The van der Waals surface area contributed by atoms with Crippen LogP contribution in [0, 0.1) is 29.0 Å². The molecule has 0 aliphatic carbocycles. The molecule has 0 bridgehead atoms. The molecular formula is C13H17FN2O. The van der Waals surface area contributed by atoms with Gasteiger partial charge < -0.3 is 10.1 Å². The van der Waals surface area contributed by atoms with Crippen molar-refractivity contribution in [1.29, 1.82) is 5.26 Å². The van der Waals surface area contributed by atoms with E-state index in [1.807, 2.05) is 13.8 Å². The summed E-state index contributed by atoms with van der Waals surface area (Å²) in [5, 5.41) is 12.0. The minimum absolute atomic E-state index is 0.0832. The lowest BCUT2D eigenvalue weighted by atomic mass is 9.97. The predicted molar refractivity (Wildman–Crippen MR) is 65.4 cm³/mol. The summed E-state index contributed by atoms with van der Waals surface area (Å²) in [5.41, 5.74) is 0.657. The number of anilines is 1. The maximum Gasteiger partial charge on any atom is 0.167 e. The fraction of sp³-hybridized carbons (Fsp3) is 0.462. The van der Waals surface area contributed by atoms with E-state index < -0.39 is 5.82 Å². The number of hydrogen-bond donors (Lipinski definition) is 1. The fourth-order valence-corrected chi connectivity index (χ4v) is 1.43. The second-order valence-corrected chi connectivity index (χ2v) is 4.21. The fourth-order valence-electron chi connectivity index (χ4n) is 1.43. The predicted octanol–water partition coefficient (Wildman–Crippen LogP) is 3.04. The van der Waals surface area contributed by atoms with Crippen LogP contribution in [-0.4, -0.2) is 13.7 Å². The van der Waals surface area contributed by atoms with Gasteiger partial charge in [-0.15, -0.1) is 0 Å². The number of nitrogens with one attached hydrogen (secondary N) is 1. The number of halogens is 1. The Hall–Kier alpha value is -1.76. The van der Waals surface area contributed by atoms with E-state index in [2.05, 4.69) is 11.4 Å². The van der Waals surface area contributed by atoms with E-state index in [0.717, 1.165) is 0 Å². The first-order valence-corrected chi connectivity index (χ1v) is 5.55. The molecule has 1 N–H and O–H groups in total. The van der Waals surface area contributed by atoms with Crippen molar-refractivity contribution in [2.45, 2.75) is 13.8 Å². The Morgan fingerprint density at radius 2 is 2.18 bits per heavy atom. The van der Waals surface area contributed by atoms with E-state index in [1.54, 1.807) is 12.1 Å². The molecule has 0 amide bonds. The van der Waals surface area contributed by atoms with Crippen molar-refractivity contribution < 1.29 is 9.13 Å². The number of benzene rings is 1. The SMILES string of the molecule is COc1ccc(NCC(C#N)C(C)C)cc1F. The summed E-state index contributed by atoms with van der Waals surface area (Å²) in [7, 11) is 1.43. The number of methoxy groups -OCH3 is 1. The standard InChI is InChI=1S/C13H17FN2O/c1-9(2)10(7-15)8-16-11-4-5-13(17-3)12(14)6-11/h4-6,9-10,16H,8H2,1-3H3. The summed E-state index contributed by atoms with van der Waals surface area (Å²) >= 11 is 0. The molecule has 1 atom stereocenters. The third-order valence-corrected chi connectivity index (χ3v) is 2.65. The molecule has 17 heavy (non-hydrogen) atoms. The highest BCUT2D eigenvalue weighted by Gasteiger charge is 2.12. The highest BCUT2D eigenvalue weighted by molar-refractivity contribution is 5.47. The minimum Gasteiger partial charge on any atom is -0.494 e. The molecule has 0 saturated heterocycles. The topological polar surface area (TPSA) is 45.0 Å². The normalized spacial score (nSPS) is 12.0. The van der Waals surface area contributed by atoms with Crippen molar-refractivity contribution in [2.75, 3.05) is 19.0 Å². The van der Waals surface area contributed by atoms with Crippen molar-refractivity contribution in [3.8, 4) is 11.8 Å². The Morgan fingerprint density at radius 3 is 2.65 bits per heavy atom. The molecular weight excluding hydrogens is 219 g/mol. The van der Waals surface area contributed by atoms with Crippen molar-refractivity contribution in [2.24, 2.45) is 11.8 Å². The molecule has 0 radical (unpaired) electrons. The molecule has 1 aromatic rings. The molecule has 3 nitrogen and oxygen atoms in total. The van der Waals surface area contributed by atoms with Crippen LogP contribution in [0.25, 0.3) is 0 Å². The lowest BCUT2D eigenvalue weighted by Crippen LogP contribution is -2.17. The first-order valence-electron chi connectivity index (χ1n) is 5.55. The maximum atomic E-state index is 13.4. The van der Waals surface area contributed by atoms with Crippen LogP contribution in [-0.2, 0) is 0 Å². The molecule has 0 spiro atoms. The summed E-state index contributed by atoms with van der Waals surface area (Å²) < 4.78 is 18.2. The van der Waals surface area contributed by atoms with E-state index in [-0.39, 0.29) is 17.6 Å². The maximum absolute atomic E-state index is 13.4. The van der Waals surface area contributed by atoms with Crippen LogP contribution in [0.15, 0.2) is 18.2 Å². The van der Waals surface area contributed by atoms with Gasteiger partial charge in [0, 0.05) is 18.3 Å². The quantitative estimate of drug-likeness (QED) is 0.854. The third kappa shape index (κ3) is 3.63. The van der Waals surface area contributed by atoms with Gasteiger partial charge in [-0.3, -0.25) is 0 Å². The van der Waals surface area contributed by atoms with Gasteiger partial charge in [0.1, 0.15) is 0 Å². The van der Waals surface area contributed by atoms with Gasteiger partial charge in [0.2, 0.25) is 0 Å². The molecule has 4 heteroatoms. The average molecular weight is 236 g/mol. The molecule has 0 fully saturated rings. The third-order valence-electron chi connectivity index (χ3n) is 2.65. The van der Waals surface area contributed by atoms with Gasteiger partial charge in [0.05, 0.1) is 19.1 Å². The van der Waals surface area contributed by atoms with Gasteiger partial charge in [0.25, 0.3) is 0 Å². The van der Waals surface area contributed by atoms with Crippen molar-refractivity contribution >= 4 is 5.69 Å². The molecule has 1 rings (SSSR count). The number of hydrogen-bond acceptors (Lipinski definition) is 3. The Labute approximate surface area is 101 Å². The van der Waals surface area contributed by atoms with Gasteiger partial charge in [0.15, 0.2) is 11.6 Å². The van der Waals surface area contributed by atoms with E-state index >= 15 is 0 Å². The lowest BCUT2D eigenvalue weighted by molar-refractivity contribution is 0.386. The average Bonchev–Trinajstić information content (AvgIpc) is 2.29. The van der Waals surface area contributed by atoms with E-state index in [0.29, 0.717) is 12.2 Å². The van der Waals surface area contributed by atoms with E-state index in [4.69, 9.17) is 10.00 Å². The smallest absolute Gasteiger partial charge is 0.167 e. The van der Waals surface area contributed by atoms with Crippen LogP contribution in [0.4, 0.5) is 10.1 Å².